The fourth-order valence-corrected chi connectivity index (χ4v) is 9.04. The highest BCUT2D eigenvalue weighted by Gasteiger charge is 2.46. The lowest BCUT2D eigenvalue weighted by atomic mass is 10.2. The van der Waals surface area contributed by atoms with Crippen LogP contribution in [0.15, 0.2) is 0 Å². The summed E-state index contributed by atoms with van der Waals surface area (Å²) in [6.07, 6.45) is -1.57. The molecule has 2 N–H and O–H groups in total. The molecule has 1 heterocycles. The summed E-state index contributed by atoms with van der Waals surface area (Å²) >= 11 is 0. The number of rotatable bonds is 6. The largest absolute Gasteiger partial charge is 0.413 e. The maximum atomic E-state index is 9.82. The molecule has 1 aliphatic heterocycles. The Morgan fingerprint density at radius 3 is 1.84 bits per heavy atom. The fourth-order valence-electron chi connectivity index (χ4n) is 3.58. The summed E-state index contributed by atoms with van der Waals surface area (Å²) in [5.74, 6) is 0. The molecule has 0 aromatic heterocycles. The van der Waals surface area contributed by atoms with Crippen molar-refractivity contribution in [3.8, 4) is 0 Å². The third-order valence-corrected chi connectivity index (χ3v) is 10.5. The minimum atomic E-state index is -1.92. The average Bonchev–Trinajstić information content (AvgIpc) is 2.56. The van der Waals surface area contributed by atoms with Gasteiger partial charge in [-0.05, 0) is 16.6 Å². The van der Waals surface area contributed by atoms with Crippen LogP contribution < -0.4 is 0 Å². The maximum absolute atomic E-state index is 9.82. The van der Waals surface area contributed by atoms with Crippen LogP contribution in [0.3, 0.4) is 0 Å². The molecule has 19 heavy (non-hydrogen) atoms. The van der Waals surface area contributed by atoms with E-state index in [2.05, 4.69) is 41.5 Å². The Balaban J connectivity index is 2.74. The fraction of sp³-hybridized carbons (Fsp3) is 1.00. The second kappa shape index (κ2) is 6.67. The number of hydrogen-bond donors (Lipinski definition) is 2. The Kier molecular flexibility index (Phi) is 6.01. The highest BCUT2D eigenvalue weighted by Crippen LogP contribution is 2.42. The van der Waals surface area contributed by atoms with Crippen molar-refractivity contribution in [1.29, 1.82) is 0 Å². The molecular formula is C14H30O4Si. The zero-order valence-electron chi connectivity index (χ0n) is 13.1. The summed E-state index contributed by atoms with van der Waals surface area (Å²) in [5, 5.41) is 19.2. The quantitative estimate of drug-likeness (QED) is 0.738. The van der Waals surface area contributed by atoms with E-state index < -0.39 is 26.8 Å². The van der Waals surface area contributed by atoms with Crippen molar-refractivity contribution in [2.75, 3.05) is 6.61 Å². The van der Waals surface area contributed by atoms with Crippen LogP contribution in [0, 0.1) is 0 Å². The van der Waals surface area contributed by atoms with E-state index in [9.17, 15) is 10.2 Å². The summed E-state index contributed by atoms with van der Waals surface area (Å²) in [4.78, 5) is 0. The summed E-state index contributed by atoms with van der Waals surface area (Å²) in [5.41, 5.74) is 1.53. The van der Waals surface area contributed by atoms with Crippen LogP contribution in [0.5, 0.6) is 0 Å². The molecule has 0 aromatic rings. The van der Waals surface area contributed by atoms with Crippen molar-refractivity contribution in [3.63, 3.8) is 0 Å². The zero-order chi connectivity index (χ0) is 14.8. The van der Waals surface area contributed by atoms with Crippen LogP contribution in [-0.4, -0.2) is 43.6 Å². The van der Waals surface area contributed by atoms with Crippen LogP contribution in [0.4, 0.5) is 0 Å². The summed E-state index contributed by atoms with van der Waals surface area (Å²) in [6, 6.07) is 0. The van der Waals surface area contributed by atoms with E-state index >= 15 is 0 Å². The van der Waals surface area contributed by atoms with Crippen LogP contribution >= 0.6 is 0 Å². The number of hydrogen-bond acceptors (Lipinski definition) is 4. The van der Waals surface area contributed by atoms with Crippen LogP contribution in [0.1, 0.15) is 48.0 Å². The highest BCUT2D eigenvalue weighted by atomic mass is 28.4. The molecule has 1 saturated heterocycles. The maximum Gasteiger partial charge on any atom is 0.200 e. The van der Waals surface area contributed by atoms with Crippen molar-refractivity contribution in [3.05, 3.63) is 0 Å². The van der Waals surface area contributed by atoms with Gasteiger partial charge in [-0.25, -0.2) is 0 Å². The second-order valence-electron chi connectivity index (χ2n) is 6.56. The first-order valence-corrected chi connectivity index (χ1v) is 9.51. The highest BCUT2D eigenvalue weighted by molar-refractivity contribution is 6.77. The van der Waals surface area contributed by atoms with Gasteiger partial charge in [-0.1, -0.05) is 41.5 Å². The summed E-state index contributed by atoms with van der Waals surface area (Å²) in [6.45, 7) is 13.8. The molecule has 0 bridgehead atoms. The van der Waals surface area contributed by atoms with Crippen molar-refractivity contribution in [2.24, 2.45) is 0 Å². The lowest BCUT2D eigenvalue weighted by Gasteiger charge is -2.42. The van der Waals surface area contributed by atoms with Gasteiger partial charge in [0.1, 0.15) is 6.10 Å². The molecule has 1 fully saturated rings. The van der Waals surface area contributed by atoms with Gasteiger partial charge in [0.25, 0.3) is 0 Å². The van der Waals surface area contributed by atoms with E-state index in [0.29, 0.717) is 23.2 Å². The average molecular weight is 290 g/mol. The molecule has 0 aromatic carbocycles. The molecule has 0 spiro atoms. The first-order chi connectivity index (χ1) is 8.71. The molecule has 0 saturated carbocycles. The Bertz CT molecular complexity index is 259. The molecule has 1 rings (SSSR count). The van der Waals surface area contributed by atoms with Crippen LogP contribution in [-0.2, 0) is 9.16 Å². The minimum absolute atomic E-state index is 0.285. The van der Waals surface area contributed by atoms with Gasteiger partial charge in [0.2, 0.25) is 0 Å². The van der Waals surface area contributed by atoms with E-state index in [1.165, 1.54) is 0 Å². The number of ether oxygens (including phenoxy) is 1. The molecule has 3 atom stereocenters. The van der Waals surface area contributed by atoms with Crippen molar-refractivity contribution >= 4 is 8.32 Å². The third-order valence-electron chi connectivity index (χ3n) is 4.41. The van der Waals surface area contributed by atoms with Gasteiger partial charge in [-0.3, -0.25) is 0 Å². The topological polar surface area (TPSA) is 58.9 Å². The molecule has 0 aliphatic carbocycles. The van der Waals surface area contributed by atoms with Crippen LogP contribution in [0.25, 0.3) is 0 Å². The molecule has 0 radical (unpaired) electrons. The van der Waals surface area contributed by atoms with Gasteiger partial charge in [0, 0.05) is 6.42 Å². The molecule has 0 amide bonds. The van der Waals surface area contributed by atoms with Crippen molar-refractivity contribution in [2.45, 2.75) is 83.1 Å². The number of aliphatic hydroxyl groups excluding tert-OH is 2. The number of aliphatic hydroxyl groups is 2. The van der Waals surface area contributed by atoms with E-state index in [-0.39, 0.29) is 6.42 Å². The van der Waals surface area contributed by atoms with Crippen molar-refractivity contribution < 1.29 is 19.4 Å². The lowest BCUT2D eigenvalue weighted by Crippen LogP contribution is -2.49. The monoisotopic (exact) mass is 290 g/mol. The van der Waals surface area contributed by atoms with Crippen LogP contribution in [0.2, 0.25) is 16.6 Å². The second-order valence-corrected chi connectivity index (χ2v) is 12.0. The Morgan fingerprint density at radius 1 is 1.05 bits per heavy atom. The van der Waals surface area contributed by atoms with Gasteiger partial charge < -0.3 is 19.4 Å². The molecular weight excluding hydrogens is 260 g/mol. The SMILES string of the molecule is CC(C)[Si](OC[C@H]1OC(O)C[C@@H]1O)(C(C)C)C(C)C. The lowest BCUT2D eigenvalue weighted by molar-refractivity contribution is -0.106. The van der Waals surface area contributed by atoms with Crippen molar-refractivity contribution in [1.82, 2.24) is 0 Å². The zero-order valence-corrected chi connectivity index (χ0v) is 14.1. The molecule has 1 unspecified atom stereocenters. The van der Waals surface area contributed by atoms with E-state index in [4.69, 9.17) is 9.16 Å². The molecule has 4 nitrogen and oxygen atoms in total. The van der Waals surface area contributed by atoms with E-state index in [1.807, 2.05) is 0 Å². The Labute approximate surface area is 118 Å². The minimum Gasteiger partial charge on any atom is -0.413 e. The summed E-state index contributed by atoms with van der Waals surface area (Å²) < 4.78 is 11.7. The smallest absolute Gasteiger partial charge is 0.200 e. The normalized spacial score (nSPS) is 28.9. The molecule has 1 aliphatic rings. The Morgan fingerprint density at radius 2 is 1.53 bits per heavy atom. The van der Waals surface area contributed by atoms with E-state index in [1.54, 1.807) is 0 Å². The predicted molar refractivity (Wildman–Crippen MR) is 78.5 cm³/mol. The van der Waals surface area contributed by atoms with Gasteiger partial charge in [0.05, 0.1) is 12.7 Å². The first kappa shape index (κ1) is 17.1. The van der Waals surface area contributed by atoms with Gasteiger partial charge in [-0.2, -0.15) is 0 Å². The summed E-state index contributed by atoms with van der Waals surface area (Å²) in [7, 11) is -1.92. The predicted octanol–water partition coefficient (Wildman–Crippen LogP) is 2.65. The standard InChI is InChI=1S/C14H30O4Si/c1-9(2)19(10(3)4,11(5)6)17-8-13-12(15)7-14(16)18-13/h9-16H,7-8H2,1-6H3/t12-,13+,14?/m0/s1. The third kappa shape index (κ3) is 3.58. The van der Waals surface area contributed by atoms with Gasteiger partial charge >= 0.3 is 0 Å². The van der Waals surface area contributed by atoms with E-state index in [0.717, 1.165) is 0 Å². The van der Waals surface area contributed by atoms with Gasteiger partial charge in [-0.15, -0.1) is 0 Å². The molecule has 114 valence electrons. The Hall–Kier alpha value is 0.0569. The first-order valence-electron chi connectivity index (χ1n) is 7.37. The molecule has 5 heteroatoms. The van der Waals surface area contributed by atoms with Gasteiger partial charge in [0.15, 0.2) is 14.6 Å².